The molecule has 2 N–H and O–H groups in total. The van der Waals surface area contributed by atoms with E-state index >= 15 is 0 Å². The van der Waals surface area contributed by atoms with Crippen molar-refractivity contribution >= 4 is 11.6 Å². The molecule has 0 bridgehead atoms. The minimum atomic E-state index is -0.101. The Bertz CT molecular complexity index is 276. The molecule has 1 aromatic rings. The molecule has 4 heteroatoms. The third-order valence-electron chi connectivity index (χ3n) is 1.55. The number of hydrogen-bond donors (Lipinski definition) is 1. The molecule has 0 amide bonds. The molecular formula is C8H11ClN2O. The number of ether oxygens (including phenoxy) is 1. The molecule has 0 aliphatic carbocycles. The lowest BCUT2D eigenvalue weighted by atomic mass is 10.2. The highest BCUT2D eigenvalue weighted by atomic mass is 35.5. The van der Waals surface area contributed by atoms with Crippen molar-refractivity contribution in [3.63, 3.8) is 0 Å². The van der Waals surface area contributed by atoms with Gasteiger partial charge in [0.05, 0.1) is 7.11 Å². The average molecular weight is 187 g/mol. The zero-order valence-corrected chi connectivity index (χ0v) is 7.80. The van der Waals surface area contributed by atoms with Crippen LogP contribution in [0, 0.1) is 0 Å². The third-order valence-corrected chi connectivity index (χ3v) is 1.85. The smallest absolute Gasteiger partial charge is 0.214 e. The first-order chi connectivity index (χ1) is 5.65. The molecule has 1 aromatic heterocycles. The lowest BCUT2D eigenvalue weighted by Gasteiger charge is -2.07. The zero-order chi connectivity index (χ0) is 9.14. The molecule has 1 heterocycles. The summed E-state index contributed by atoms with van der Waals surface area (Å²) in [5, 5.41) is 0.407. The number of methoxy groups -OCH3 is 1. The summed E-state index contributed by atoms with van der Waals surface area (Å²) in [7, 11) is 1.55. The summed E-state index contributed by atoms with van der Waals surface area (Å²) in [6.45, 7) is 1.86. The summed E-state index contributed by atoms with van der Waals surface area (Å²) in [5.74, 6) is 0.504. The maximum absolute atomic E-state index is 5.83. The van der Waals surface area contributed by atoms with Crippen molar-refractivity contribution in [1.82, 2.24) is 4.98 Å². The van der Waals surface area contributed by atoms with Crippen LogP contribution in [-0.2, 0) is 0 Å². The number of aromatic nitrogens is 1. The van der Waals surface area contributed by atoms with E-state index in [9.17, 15) is 0 Å². The number of nitrogens with two attached hydrogens (primary N) is 1. The Labute approximate surface area is 76.5 Å². The van der Waals surface area contributed by atoms with E-state index < -0.39 is 0 Å². The summed E-state index contributed by atoms with van der Waals surface area (Å²) in [5.41, 5.74) is 6.47. The molecule has 0 aliphatic rings. The van der Waals surface area contributed by atoms with Crippen LogP contribution < -0.4 is 10.5 Å². The first-order valence-corrected chi connectivity index (χ1v) is 3.99. The SMILES string of the molecule is COc1ccc(C(C)N)c(Cl)n1. The van der Waals surface area contributed by atoms with Crippen molar-refractivity contribution in [3.05, 3.63) is 22.8 Å². The van der Waals surface area contributed by atoms with E-state index in [1.54, 1.807) is 13.2 Å². The average Bonchev–Trinajstić information content (AvgIpc) is 2.03. The minimum Gasteiger partial charge on any atom is -0.481 e. The largest absolute Gasteiger partial charge is 0.481 e. The highest BCUT2D eigenvalue weighted by Gasteiger charge is 2.06. The minimum absolute atomic E-state index is 0.101. The summed E-state index contributed by atoms with van der Waals surface area (Å²) in [4.78, 5) is 3.98. The molecule has 0 aliphatic heterocycles. The van der Waals surface area contributed by atoms with E-state index in [1.807, 2.05) is 13.0 Å². The van der Waals surface area contributed by atoms with Gasteiger partial charge in [-0.1, -0.05) is 11.6 Å². The van der Waals surface area contributed by atoms with Gasteiger partial charge in [-0.05, 0) is 13.0 Å². The molecule has 0 saturated heterocycles. The van der Waals surface area contributed by atoms with E-state index in [0.717, 1.165) is 5.56 Å². The van der Waals surface area contributed by atoms with Gasteiger partial charge in [-0.15, -0.1) is 0 Å². The Balaban J connectivity index is 3.03. The Morgan fingerprint density at radius 2 is 2.25 bits per heavy atom. The van der Waals surface area contributed by atoms with Gasteiger partial charge in [0.2, 0.25) is 5.88 Å². The number of halogens is 1. The third kappa shape index (κ3) is 1.87. The van der Waals surface area contributed by atoms with Crippen molar-refractivity contribution in [2.24, 2.45) is 5.73 Å². The summed E-state index contributed by atoms with van der Waals surface area (Å²) in [6, 6.07) is 3.46. The fourth-order valence-corrected chi connectivity index (χ4v) is 1.20. The molecule has 0 spiro atoms. The zero-order valence-electron chi connectivity index (χ0n) is 7.04. The summed E-state index contributed by atoms with van der Waals surface area (Å²) < 4.78 is 4.89. The van der Waals surface area contributed by atoms with E-state index in [-0.39, 0.29) is 6.04 Å². The van der Waals surface area contributed by atoms with Crippen molar-refractivity contribution in [2.75, 3.05) is 7.11 Å². The quantitative estimate of drug-likeness (QED) is 0.717. The van der Waals surface area contributed by atoms with Crippen LogP contribution in [0.3, 0.4) is 0 Å². The predicted molar refractivity (Wildman–Crippen MR) is 48.4 cm³/mol. The second kappa shape index (κ2) is 3.74. The van der Waals surface area contributed by atoms with Crippen molar-refractivity contribution in [3.8, 4) is 5.88 Å². The maximum Gasteiger partial charge on any atom is 0.214 e. The van der Waals surface area contributed by atoms with Crippen LogP contribution in [0.25, 0.3) is 0 Å². The van der Waals surface area contributed by atoms with Gasteiger partial charge < -0.3 is 10.5 Å². The van der Waals surface area contributed by atoms with Gasteiger partial charge in [-0.2, -0.15) is 0 Å². The highest BCUT2D eigenvalue weighted by molar-refractivity contribution is 6.30. The van der Waals surface area contributed by atoms with Crippen LogP contribution in [0.1, 0.15) is 18.5 Å². The molecule has 0 saturated carbocycles. The van der Waals surface area contributed by atoms with Gasteiger partial charge in [-0.3, -0.25) is 0 Å². The molecule has 66 valence electrons. The second-order valence-electron chi connectivity index (χ2n) is 2.52. The Morgan fingerprint density at radius 1 is 1.58 bits per heavy atom. The van der Waals surface area contributed by atoms with E-state index in [0.29, 0.717) is 11.0 Å². The molecule has 0 radical (unpaired) electrons. The lowest BCUT2D eigenvalue weighted by molar-refractivity contribution is 0.397. The normalized spacial score (nSPS) is 12.7. The molecular weight excluding hydrogens is 176 g/mol. The number of nitrogens with zero attached hydrogens (tertiary/aromatic N) is 1. The topological polar surface area (TPSA) is 48.1 Å². The van der Waals surface area contributed by atoms with Crippen molar-refractivity contribution in [1.29, 1.82) is 0 Å². The first kappa shape index (κ1) is 9.29. The van der Waals surface area contributed by atoms with E-state index in [4.69, 9.17) is 22.1 Å². The van der Waals surface area contributed by atoms with Crippen LogP contribution in [0.5, 0.6) is 5.88 Å². The molecule has 0 aromatic carbocycles. The second-order valence-corrected chi connectivity index (χ2v) is 2.88. The summed E-state index contributed by atoms with van der Waals surface area (Å²) >= 11 is 5.83. The molecule has 1 unspecified atom stereocenters. The van der Waals surface area contributed by atoms with E-state index in [2.05, 4.69) is 4.98 Å². The van der Waals surface area contributed by atoms with Crippen LogP contribution >= 0.6 is 11.6 Å². The fourth-order valence-electron chi connectivity index (χ4n) is 0.882. The van der Waals surface area contributed by atoms with Gasteiger partial charge in [-0.25, -0.2) is 4.98 Å². The molecule has 1 atom stereocenters. The lowest BCUT2D eigenvalue weighted by Crippen LogP contribution is -2.06. The van der Waals surface area contributed by atoms with Gasteiger partial charge in [0.25, 0.3) is 0 Å². The molecule has 3 nitrogen and oxygen atoms in total. The van der Waals surface area contributed by atoms with Crippen LogP contribution in [0.4, 0.5) is 0 Å². The van der Waals surface area contributed by atoms with Crippen LogP contribution in [0.2, 0.25) is 5.15 Å². The Kier molecular flexibility index (Phi) is 2.89. The van der Waals surface area contributed by atoms with Crippen LogP contribution in [0.15, 0.2) is 12.1 Å². The van der Waals surface area contributed by atoms with Crippen molar-refractivity contribution in [2.45, 2.75) is 13.0 Å². The van der Waals surface area contributed by atoms with Gasteiger partial charge >= 0.3 is 0 Å². The molecule has 12 heavy (non-hydrogen) atoms. The monoisotopic (exact) mass is 186 g/mol. The van der Waals surface area contributed by atoms with Gasteiger partial charge in [0.1, 0.15) is 5.15 Å². The molecule has 0 fully saturated rings. The van der Waals surface area contributed by atoms with E-state index in [1.165, 1.54) is 0 Å². The fraction of sp³-hybridized carbons (Fsp3) is 0.375. The highest BCUT2D eigenvalue weighted by Crippen LogP contribution is 2.21. The van der Waals surface area contributed by atoms with Crippen LogP contribution in [-0.4, -0.2) is 12.1 Å². The molecule has 1 rings (SSSR count). The predicted octanol–water partition coefficient (Wildman–Crippen LogP) is 1.76. The first-order valence-electron chi connectivity index (χ1n) is 3.61. The Hall–Kier alpha value is -0.800. The van der Waals surface area contributed by atoms with Gasteiger partial charge in [0.15, 0.2) is 0 Å². The maximum atomic E-state index is 5.83. The number of hydrogen-bond acceptors (Lipinski definition) is 3. The number of rotatable bonds is 2. The Morgan fingerprint density at radius 3 is 2.67 bits per heavy atom. The summed E-state index contributed by atoms with van der Waals surface area (Å²) in [6.07, 6.45) is 0. The van der Waals surface area contributed by atoms with Crippen molar-refractivity contribution < 1.29 is 4.74 Å². The van der Waals surface area contributed by atoms with Gasteiger partial charge in [0, 0.05) is 17.7 Å². The number of pyridine rings is 1. The standard InChI is InChI=1S/C8H11ClN2O/c1-5(10)6-3-4-7(12-2)11-8(6)9/h3-5H,10H2,1-2H3.